The highest BCUT2D eigenvalue weighted by atomic mass is 79.9. The van der Waals surface area contributed by atoms with Crippen LogP contribution in [0.2, 0.25) is 0 Å². The van der Waals surface area contributed by atoms with Crippen molar-refractivity contribution in [1.82, 2.24) is 5.32 Å². The molecule has 0 aliphatic heterocycles. The van der Waals surface area contributed by atoms with Gasteiger partial charge in [0.25, 0.3) is 5.91 Å². The molecule has 3 N–H and O–H groups in total. The van der Waals surface area contributed by atoms with Crippen molar-refractivity contribution in [3.8, 4) is 5.75 Å². The molecule has 1 rings (SSSR count). The van der Waals surface area contributed by atoms with Crippen molar-refractivity contribution in [2.45, 2.75) is 20.0 Å². The standard InChI is InChI=1S/C12H14Br2N2O3/c1-6(2)10(11(17)16-12(15)18)19-9-4-3-7(13)5-8(9)14/h3-6,10H,1-2H3,(H3,15,16,17,18)/t10-/m1/s1. The number of ether oxygens (including phenoxy) is 1. The summed E-state index contributed by atoms with van der Waals surface area (Å²) < 4.78 is 7.23. The van der Waals surface area contributed by atoms with E-state index in [1.54, 1.807) is 18.2 Å². The minimum atomic E-state index is -0.894. The van der Waals surface area contributed by atoms with Crippen LogP contribution in [0, 0.1) is 5.92 Å². The summed E-state index contributed by atoms with van der Waals surface area (Å²) in [6.07, 6.45) is -0.801. The Kier molecular flexibility index (Phi) is 5.81. The van der Waals surface area contributed by atoms with Gasteiger partial charge in [-0.25, -0.2) is 4.79 Å². The van der Waals surface area contributed by atoms with Gasteiger partial charge in [-0.15, -0.1) is 0 Å². The quantitative estimate of drug-likeness (QED) is 0.825. The molecule has 3 amide bonds. The summed E-state index contributed by atoms with van der Waals surface area (Å²) in [6, 6.07) is 4.43. The average Bonchev–Trinajstić information content (AvgIpc) is 2.26. The molecule has 5 nitrogen and oxygen atoms in total. The van der Waals surface area contributed by atoms with Gasteiger partial charge in [0.1, 0.15) is 5.75 Å². The molecule has 1 aromatic rings. The number of hydrogen-bond donors (Lipinski definition) is 2. The normalized spacial score (nSPS) is 12.1. The first-order valence-electron chi connectivity index (χ1n) is 5.53. The van der Waals surface area contributed by atoms with Crippen molar-refractivity contribution < 1.29 is 14.3 Å². The first-order valence-corrected chi connectivity index (χ1v) is 7.12. The van der Waals surface area contributed by atoms with Crippen LogP contribution < -0.4 is 15.8 Å². The Morgan fingerprint density at radius 3 is 2.42 bits per heavy atom. The van der Waals surface area contributed by atoms with E-state index in [9.17, 15) is 9.59 Å². The van der Waals surface area contributed by atoms with E-state index in [2.05, 4.69) is 31.9 Å². The number of nitrogens with one attached hydrogen (secondary N) is 1. The Bertz CT molecular complexity index is 492. The lowest BCUT2D eigenvalue weighted by atomic mass is 10.1. The third kappa shape index (κ3) is 4.83. The van der Waals surface area contributed by atoms with E-state index in [4.69, 9.17) is 10.5 Å². The Morgan fingerprint density at radius 1 is 1.32 bits per heavy atom. The molecular formula is C12H14Br2N2O3. The summed E-state index contributed by atoms with van der Waals surface area (Å²) >= 11 is 6.67. The van der Waals surface area contributed by atoms with Crippen LogP contribution in [0.25, 0.3) is 0 Å². The second-order valence-electron chi connectivity index (χ2n) is 4.21. The number of carbonyl (C=O) groups is 2. The molecule has 0 spiro atoms. The smallest absolute Gasteiger partial charge is 0.318 e. The summed E-state index contributed by atoms with van der Waals surface area (Å²) in [6.45, 7) is 3.63. The van der Waals surface area contributed by atoms with Gasteiger partial charge in [0.2, 0.25) is 0 Å². The number of hydrogen-bond acceptors (Lipinski definition) is 3. The summed E-state index contributed by atoms with van der Waals surface area (Å²) in [5, 5.41) is 2.03. The van der Waals surface area contributed by atoms with Gasteiger partial charge >= 0.3 is 6.03 Å². The van der Waals surface area contributed by atoms with Crippen LogP contribution in [-0.2, 0) is 4.79 Å². The Balaban J connectivity index is 2.89. The lowest BCUT2D eigenvalue weighted by molar-refractivity contribution is -0.128. The zero-order chi connectivity index (χ0) is 14.6. The van der Waals surface area contributed by atoms with E-state index in [-0.39, 0.29) is 5.92 Å². The maximum Gasteiger partial charge on any atom is 0.318 e. The van der Waals surface area contributed by atoms with Crippen LogP contribution >= 0.6 is 31.9 Å². The van der Waals surface area contributed by atoms with Gasteiger partial charge in [-0.3, -0.25) is 10.1 Å². The number of urea groups is 1. The van der Waals surface area contributed by atoms with Gasteiger partial charge in [-0.1, -0.05) is 29.8 Å². The number of carbonyl (C=O) groups excluding carboxylic acids is 2. The maximum absolute atomic E-state index is 11.8. The number of rotatable bonds is 4. The van der Waals surface area contributed by atoms with Crippen LogP contribution in [0.15, 0.2) is 27.1 Å². The number of amides is 3. The Hall–Kier alpha value is -1.08. The first-order chi connectivity index (χ1) is 8.81. The van der Waals surface area contributed by atoms with Gasteiger partial charge in [0.05, 0.1) is 4.47 Å². The number of imide groups is 1. The van der Waals surface area contributed by atoms with Crippen molar-refractivity contribution in [2.24, 2.45) is 11.7 Å². The molecule has 0 unspecified atom stereocenters. The van der Waals surface area contributed by atoms with E-state index < -0.39 is 18.0 Å². The van der Waals surface area contributed by atoms with Crippen molar-refractivity contribution in [3.63, 3.8) is 0 Å². The lowest BCUT2D eigenvalue weighted by Crippen LogP contribution is -2.46. The highest BCUT2D eigenvalue weighted by molar-refractivity contribution is 9.11. The van der Waals surface area contributed by atoms with Crippen LogP contribution in [0.1, 0.15) is 13.8 Å². The van der Waals surface area contributed by atoms with Gasteiger partial charge in [-0.05, 0) is 40.0 Å². The molecule has 0 aromatic heterocycles. The minimum Gasteiger partial charge on any atom is -0.479 e. The molecule has 0 aliphatic rings. The molecule has 0 bridgehead atoms. The molecule has 0 heterocycles. The van der Waals surface area contributed by atoms with Crippen molar-refractivity contribution in [2.75, 3.05) is 0 Å². The third-order valence-electron chi connectivity index (χ3n) is 2.26. The average molecular weight is 394 g/mol. The van der Waals surface area contributed by atoms with E-state index >= 15 is 0 Å². The molecular weight excluding hydrogens is 380 g/mol. The molecule has 0 saturated carbocycles. The van der Waals surface area contributed by atoms with E-state index in [0.717, 1.165) is 4.47 Å². The van der Waals surface area contributed by atoms with Gasteiger partial charge in [0, 0.05) is 4.47 Å². The first kappa shape index (κ1) is 16.0. The fourth-order valence-electron chi connectivity index (χ4n) is 1.39. The molecule has 0 radical (unpaired) electrons. The van der Waals surface area contributed by atoms with E-state index in [1.807, 2.05) is 19.2 Å². The third-order valence-corrected chi connectivity index (χ3v) is 3.37. The van der Waals surface area contributed by atoms with Crippen molar-refractivity contribution >= 4 is 43.8 Å². The monoisotopic (exact) mass is 392 g/mol. The fraction of sp³-hybridized carbons (Fsp3) is 0.333. The van der Waals surface area contributed by atoms with Crippen LogP contribution in [0.3, 0.4) is 0 Å². The summed E-state index contributed by atoms with van der Waals surface area (Å²) in [5.74, 6) is -0.159. The number of primary amides is 1. The molecule has 1 aromatic carbocycles. The molecule has 0 aliphatic carbocycles. The SMILES string of the molecule is CC(C)[C@@H](Oc1ccc(Br)cc1Br)C(=O)NC(N)=O. The highest BCUT2D eigenvalue weighted by Gasteiger charge is 2.26. The molecule has 7 heteroatoms. The van der Waals surface area contributed by atoms with Gasteiger partial charge in [-0.2, -0.15) is 0 Å². The Labute approximate surface area is 128 Å². The topological polar surface area (TPSA) is 81.4 Å². The second-order valence-corrected chi connectivity index (χ2v) is 5.98. The Morgan fingerprint density at radius 2 is 1.95 bits per heavy atom. The molecule has 1 atom stereocenters. The van der Waals surface area contributed by atoms with E-state index in [1.165, 1.54) is 0 Å². The molecule has 19 heavy (non-hydrogen) atoms. The van der Waals surface area contributed by atoms with Crippen LogP contribution in [0.4, 0.5) is 4.79 Å². The highest BCUT2D eigenvalue weighted by Crippen LogP contribution is 2.29. The number of halogens is 2. The van der Waals surface area contributed by atoms with Crippen molar-refractivity contribution in [3.05, 3.63) is 27.1 Å². The van der Waals surface area contributed by atoms with Crippen LogP contribution in [-0.4, -0.2) is 18.0 Å². The summed E-state index contributed by atoms with van der Waals surface area (Å²) in [5.41, 5.74) is 4.93. The van der Waals surface area contributed by atoms with Crippen LogP contribution in [0.5, 0.6) is 5.75 Å². The largest absolute Gasteiger partial charge is 0.479 e. The predicted molar refractivity (Wildman–Crippen MR) is 78.8 cm³/mol. The number of nitrogens with two attached hydrogens (primary N) is 1. The predicted octanol–water partition coefficient (Wildman–Crippen LogP) is 2.81. The molecule has 104 valence electrons. The van der Waals surface area contributed by atoms with Gasteiger partial charge in [0.15, 0.2) is 6.10 Å². The zero-order valence-electron chi connectivity index (χ0n) is 10.4. The number of benzene rings is 1. The fourth-order valence-corrected chi connectivity index (χ4v) is 2.53. The molecule has 0 saturated heterocycles. The summed E-state index contributed by atoms with van der Waals surface area (Å²) in [4.78, 5) is 22.5. The van der Waals surface area contributed by atoms with E-state index in [0.29, 0.717) is 10.2 Å². The minimum absolute atomic E-state index is 0.116. The second kappa shape index (κ2) is 6.91. The maximum atomic E-state index is 11.8. The van der Waals surface area contributed by atoms with Crippen molar-refractivity contribution in [1.29, 1.82) is 0 Å². The summed E-state index contributed by atoms with van der Waals surface area (Å²) in [7, 11) is 0. The lowest BCUT2D eigenvalue weighted by Gasteiger charge is -2.21. The molecule has 0 fully saturated rings. The zero-order valence-corrected chi connectivity index (χ0v) is 13.6. The van der Waals surface area contributed by atoms with Gasteiger partial charge < -0.3 is 10.5 Å².